The Morgan fingerprint density at radius 1 is 1.09 bits per heavy atom. The first-order valence-corrected chi connectivity index (χ1v) is 10.9. The van der Waals surface area contributed by atoms with Crippen molar-refractivity contribution < 1.29 is 18.0 Å². The molecule has 10 heteroatoms. The van der Waals surface area contributed by atoms with Crippen LogP contribution in [0.2, 0.25) is 0 Å². The highest BCUT2D eigenvalue weighted by Gasteiger charge is 2.35. The molecule has 0 spiro atoms. The Hall–Kier alpha value is -3.40. The van der Waals surface area contributed by atoms with Gasteiger partial charge in [0.15, 0.2) is 5.01 Å². The molecule has 0 radical (unpaired) electrons. The van der Waals surface area contributed by atoms with Gasteiger partial charge in [-0.2, -0.15) is 13.2 Å². The first-order chi connectivity index (χ1) is 15.4. The van der Waals surface area contributed by atoms with Gasteiger partial charge >= 0.3 is 12.2 Å². The van der Waals surface area contributed by atoms with Gasteiger partial charge in [-0.15, -0.1) is 11.3 Å². The number of hydrogen-bond donors (Lipinski definition) is 2. The van der Waals surface area contributed by atoms with Crippen molar-refractivity contribution in [1.29, 1.82) is 0 Å². The third-order valence-corrected chi connectivity index (χ3v) is 6.08. The van der Waals surface area contributed by atoms with E-state index in [2.05, 4.69) is 20.3 Å². The van der Waals surface area contributed by atoms with Crippen LogP contribution in [0.1, 0.15) is 30.5 Å². The summed E-state index contributed by atoms with van der Waals surface area (Å²) in [4.78, 5) is 25.3. The van der Waals surface area contributed by atoms with E-state index in [0.717, 1.165) is 22.3 Å². The van der Waals surface area contributed by atoms with Gasteiger partial charge < -0.3 is 10.3 Å². The molecule has 1 unspecified atom stereocenters. The van der Waals surface area contributed by atoms with Crippen molar-refractivity contribution in [3.63, 3.8) is 0 Å². The van der Waals surface area contributed by atoms with Crippen LogP contribution >= 0.6 is 11.3 Å². The topological polar surface area (TPSA) is 73.9 Å². The zero-order chi connectivity index (χ0) is 22.9. The number of thiazole rings is 1. The lowest BCUT2D eigenvalue weighted by atomic mass is 10.0. The van der Waals surface area contributed by atoms with Gasteiger partial charge in [0.2, 0.25) is 0 Å². The molecule has 2 aromatic carbocycles. The molecule has 2 N–H and O–H groups in total. The van der Waals surface area contributed by atoms with E-state index < -0.39 is 11.2 Å². The third-order valence-electron chi connectivity index (χ3n) is 4.99. The summed E-state index contributed by atoms with van der Waals surface area (Å²) in [5.41, 5.74) is 3.89. The van der Waals surface area contributed by atoms with Gasteiger partial charge in [-0.1, -0.05) is 38.1 Å². The molecule has 4 aromatic rings. The first kappa shape index (κ1) is 21.8. The molecule has 0 bridgehead atoms. The van der Waals surface area contributed by atoms with Crippen LogP contribution in [0.5, 0.6) is 0 Å². The largest absolute Gasteiger partial charge is 0.443 e. The Balaban J connectivity index is 0.00000119. The minimum absolute atomic E-state index is 0.208. The number of nitrogens with one attached hydrogen (secondary N) is 2. The van der Waals surface area contributed by atoms with E-state index in [0.29, 0.717) is 28.3 Å². The van der Waals surface area contributed by atoms with Gasteiger partial charge in [0.25, 0.3) is 0 Å². The third kappa shape index (κ3) is 4.05. The van der Waals surface area contributed by atoms with Gasteiger partial charge in [-0.3, -0.25) is 4.90 Å². The fraction of sp³-hybridized carbons (Fsp3) is 0.227. The van der Waals surface area contributed by atoms with E-state index in [4.69, 9.17) is 0 Å². The number of halogens is 3. The van der Waals surface area contributed by atoms with Crippen LogP contribution in [-0.2, 0) is 6.18 Å². The Kier molecular flexibility index (Phi) is 5.88. The number of amides is 2. The van der Waals surface area contributed by atoms with Crippen molar-refractivity contribution in [3.05, 3.63) is 65.6 Å². The van der Waals surface area contributed by atoms with Gasteiger partial charge in [0.05, 0.1) is 28.3 Å². The molecule has 166 valence electrons. The van der Waals surface area contributed by atoms with Crippen LogP contribution in [0.3, 0.4) is 0 Å². The normalized spacial score (nSPS) is 16.1. The average Bonchev–Trinajstić information content (AvgIpc) is 3.54. The highest BCUT2D eigenvalue weighted by molar-refractivity contribution is 7.15. The molecule has 1 saturated heterocycles. The summed E-state index contributed by atoms with van der Waals surface area (Å²) in [6, 6.07) is 12.3. The van der Waals surface area contributed by atoms with Crippen molar-refractivity contribution in [2.75, 3.05) is 11.4 Å². The van der Waals surface area contributed by atoms with E-state index in [1.807, 2.05) is 44.2 Å². The number of carbonyl (C=O) groups excluding carboxylic acids is 1. The standard InChI is InChI=1S/C20H14F3N5OS.C2H6/c21-20(22,23)18-24-9-17(30-18)12-3-1-11(2-4-12)16-8-25-19(29)28(16)13-5-6-14-15(7-13)27-10-26-14;1-2/h1-7,9-10,16H,8H2,(H,25,29)(H,26,27);1-2H3. The van der Waals surface area contributed by atoms with Crippen LogP contribution < -0.4 is 10.2 Å². The number of anilines is 1. The molecule has 1 fully saturated rings. The molecular weight excluding hydrogens is 439 g/mol. The van der Waals surface area contributed by atoms with Crippen LogP contribution in [0, 0.1) is 0 Å². The molecule has 0 saturated carbocycles. The Morgan fingerprint density at radius 3 is 2.53 bits per heavy atom. The predicted octanol–water partition coefficient (Wildman–Crippen LogP) is 6.00. The Labute approximate surface area is 186 Å². The summed E-state index contributed by atoms with van der Waals surface area (Å²) in [6.45, 7) is 4.43. The molecule has 3 heterocycles. The number of nitrogens with zero attached hydrogens (tertiary/aromatic N) is 3. The SMILES string of the molecule is CC.O=C1NCC(c2ccc(-c3cnc(C(F)(F)F)s3)cc2)N1c1ccc2nc[nH]c2c1. The summed E-state index contributed by atoms with van der Waals surface area (Å²) in [6.07, 6.45) is -1.62. The molecule has 1 aliphatic heterocycles. The Morgan fingerprint density at radius 2 is 1.84 bits per heavy atom. The second kappa shape index (κ2) is 8.62. The minimum atomic E-state index is -4.45. The minimum Gasteiger partial charge on any atom is -0.345 e. The zero-order valence-corrected chi connectivity index (χ0v) is 18.1. The summed E-state index contributed by atoms with van der Waals surface area (Å²) in [7, 11) is 0. The van der Waals surface area contributed by atoms with Crippen LogP contribution in [-0.4, -0.2) is 27.5 Å². The van der Waals surface area contributed by atoms with Gasteiger partial charge in [0, 0.05) is 18.4 Å². The zero-order valence-electron chi connectivity index (χ0n) is 17.3. The van der Waals surface area contributed by atoms with E-state index in [1.54, 1.807) is 23.4 Å². The lowest BCUT2D eigenvalue weighted by molar-refractivity contribution is -0.137. The second-order valence-electron chi connectivity index (χ2n) is 6.83. The number of urea groups is 1. The van der Waals surface area contributed by atoms with Crippen molar-refractivity contribution in [1.82, 2.24) is 20.3 Å². The monoisotopic (exact) mass is 459 g/mol. The number of aromatic nitrogens is 3. The maximum atomic E-state index is 12.8. The highest BCUT2D eigenvalue weighted by Crippen LogP contribution is 2.37. The van der Waals surface area contributed by atoms with Crippen molar-refractivity contribution >= 4 is 34.1 Å². The molecule has 2 amide bonds. The van der Waals surface area contributed by atoms with E-state index in [-0.39, 0.29) is 12.1 Å². The van der Waals surface area contributed by atoms with Crippen LogP contribution in [0.25, 0.3) is 21.5 Å². The maximum Gasteiger partial charge on any atom is 0.443 e. The molecular formula is C22H20F3N5OS. The van der Waals surface area contributed by atoms with Crippen molar-refractivity contribution in [2.45, 2.75) is 26.1 Å². The highest BCUT2D eigenvalue weighted by atomic mass is 32.1. The number of hydrogen-bond acceptors (Lipinski definition) is 4. The number of benzene rings is 2. The predicted molar refractivity (Wildman–Crippen MR) is 119 cm³/mol. The maximum absolute atomic E-state index is 12.8. The van der Waals surface area contributed by atoms with Gasteiger partial charge in [-0.25, -0.2) is 14.8 Å². The first-order valence-electron chi connectivity index (χ1n) is 10.0. The number of aromatic amines is 1. The Bertz CT molecular complexity index is 1230. The number of imidazole rings is 1. The molecule has 1 aliphatic rings. The summed E-state index contributed by atoms with van der Waals surface area (Å²) >= 11 is 0.608. The number of rotatable bonds is 3. The lowest BCUT2D eigenvalue weighted by Crippen LogP contribution is -2.29. The van der Waals surface area contributed by atoms with Crippen LogP contribution in [0.15, 0.2) is 55.0 Å². The smallest absolute Gasteiger partial charge is 0.345 e. The van der Waals surface area contributed by atoms with Crippen molar-refractivity contribution in [2.24, 2.45) is 0 Å². The van der Waals surface area contributed by atoms with E-state index in [9.17, 15) is 18.0 Å². The second-order valence-corrected chi connectivity index (χ2v) is 7.86. The summed E-state index contributed by atoms with van der Waals surface area (Å²) < 4.78 is 38.4. The molecule has 1 atom stereocenters. The number of H-pyrrole nitrogens is 1. The lowest BCUT2D eigenvalue weighted by Gasteiger charge is -2.23. The quantitative estimate of drug-likeness (QED) is 0.395. The van der Waals surface area contributed by atoms with E-state index >= 15 is 0 Å². The number of alkyl halides is 3. The fourth-order valence-corrected chi connectivity index (χ4v) is 4.34. The molecule has 5 rings (SSSR count). The van der Waals surface area contributed by atoms with Crippen molar-refractivity contribution in [3.8, 4) is 10.4 Å². The molecule has 32 heavy (non-hydrogen) atoms. The van der Waals surface area contributed by atoms with Gasteiger partial charge in [-0.05, 0) is 29.3 Å². The number of fused-ring (bicyclic) bond motifs is 1. The van der Waals surface area contributed by atoms with E-state index in [1.165, 1.54) is 6.20 Å². The molecule has 2 aromatic heterocycles. The van der Waals surface area contributed by atoms with Crippen LogP contribution in [0.4, 0.5) is 23.7 Å². The number of carbonyl (C=O) groups is 1. The van der Waals surface area contributed by atoms with Gasteiger partial charge in [0.1, 0.15) is 0 Å². The molecule has 0 aliphatic carbocycles. The molecule has 6 nitrogen and oxygen atoms in total. The summed E-state index contributed by atoms with van der Waals surface area (Å²) in [5.74, 6) is 0. The summed E-state index contributed by atoms with van der Waals surface area (Å²) in [5, 5.41) is 1.98. The fourth-order valence-electron chi connectivity index (χ4n) is 3.55. The average molecular weight is 459 g/mol.